The molecule has 2 aliphatic carbocycles. The number of hydrogen-bond donors (Lipinski definition) is 2. The lowest BCUT2D eigenvalue weighted by molar-refractivity contribution is 0.116. The van der Waals surface area contributed by atoms with Crippen molar-refractivity contribution in [3.63, 3.8) is 0 Å². The number of hydrogen-bond acceptors (Lipinski definition) is 6. The third-order valence-corrected chi connectivity index (χ3v) is 4.98. The molecular weight excluding hydrogens is 398 g/mol. The Balaban J connectivity index is 0.000000171. The van der Waals surface area contributed by atoms with Crippen LogP contribution in [0, 0.1) is 11.6 Å². The molecule has 2 N–H and O–H groups in total. The van der Waals surface area contributed by atoms with Crippen molar-refractivity contribution < 1.29 is 28.5 Å². The zero-order valence-corrected chi connectivity index (χ0v) is 16.1. The Morgan fingerprint density at radius 3 is 2.03 bits per heavy atom. The minimum absolute atomic E-state index is 0.0424. The quantitative estimate of drug-likeness (QED) is 0.785. The van der Waals surface area contributed by atoms with Gasteiger partial charge in [0.05, 0.1) is 12.2 Å². The zero-order chi connectivity index (χ0) is 21.7. The highest BCUT2D eigenvalue weighted by molar-refractivity contribution is 5.37. The minimum Gasteiger partial charge on any atom is -0.502 e. The van der Waals surface area contributed by atoms with Gasteiger partial charge in [0.1, 0.15) is 5.75 Å². The van der Waals surface area contributed by atoms with Gasteiger partial charge in [0.2, 0.25) is 11.2 Å². The minimum atomic E-state index is -1.02. The molecule has 30 heavy (non-hydrogen) atoms. The van der Waals surface area contributed by atoms with Crippen LogP contribution in [0.5, 0.6) is 23.0 Å². The van der Waals surface area contributed by atoms with Gasteiger partial charge in [0.25, 0.3) is 5.43 Å². The average Bonchev–Trinajstić information content (AvgIpc) is 2.86. The Hall–Kier alpha value is -3.16. The molecule has 0 saturated heterocycles. The lowest BCUT2D eigenvalue weighted by Crippen LogP contribution is -2.24. The van der Waals surface area contributed by atoms with Crippen molar-refractivity contribution in [1.82, 2.24) is 0 Å². The first-order valence-electron chi connectivity index (χ1n) is 9.73. The number of ether oxygens (including phenoxy) is 2. The summed E-state index contributed by atoms with van der Waals surface area (Å²) in [6.07, 6.45) is 6.09. The Morgan fingerprint density at radius 1 is 0.800 bits per heavy atom. The Morgan fingerprint density at radius 2 is 1.43 bits per heavy atom. The highest BCUT2D eigenvalue weighted by atomic mass is 19.1. The van der Waals surface area contributed by atoms with Crippen LogP contribution >= 0.6 is 0 Å². The van der Waals surface area contributed by atoms with Crippen molar-refractivity contribution in [1.29, 1.82) is 0 Å². The molecule has 4 rings (SSSR count). The van der Waals surface area contributed by atoms with Crippen LogP contribution in [0.25, 0.3) is 0 Å². The second-order valence-electron chi connectivity index (χ2n) is 7.20. The molecule has 0 bridgehead atoms. The molecule has 0 amide bonds. The van der Waals surface area contributed by atoms with Gasteiger partial charge in [-0.3, -0.25) is 9.59 Å². The maximum Gasteiger partial charge on any atom is 0.259 e. The van der Waals surface area contributed by atoms with Crippen LogP contribution in [0.4, 0.5) is 8.78 Å². The summed E-state index contributed by atoms with van der Waals surface area (Å²) >= 11 is 0. The van der Waals surface area contributed by atoms with E-state index >= 15 is 0 Å². The molecule has 2 fully saturated rings. The van der Waals surface area contributed by atoms with E-state index < -0.39 is 34.0 Å². The lowest BCUT2D eigenvalue weighted by atomic mass is 9.96. The number of aromatic hydroxyl groups is 2. The standard InChI is InChI=1S/2C11H11FO3/c12-8-5-2-6-9(11(14)10(8)13)15-7-3-1-4-7;12-9-6-8(15-7-2-1-3-7)4-5-10(13)11(9)14/h2,5-7H,1,3-4H2,(H,13,14);4-7H,1-3H2,(H,13,14). The molecule has 0 radical (unpaired) electrons. The summed E-state index contributed by atoms with van der Waals surface area (Å²) in [4.78, 5) is 22.2. The van der Waals surface area contributed by atoms with Crippen molar-refractivity contribution in [2.75, 3.05) is 0 Å². The molecule has 6 nitrogen and oxygen atoms in total. The third kappa shape index (κ3) is 5.25. The van der Waals surface area contributed by atoms with E-state index in [-0.39, 0.29) is 23.7 Å². The fraction of sp³-hybridized carbons (Fsp3) is 0.364. The molecule has 0 aliphatic heterocycles. The van der Waals surface area contributed by atoms with Crippen molar-refractivity contribution in [2.24, 2.45) is 0 Å². The number of rotatable bonds is 4. The Labute approximate surface area is 171 Å². The Bertz CT molecular complexity index is 1020. The van der Waals surface area contributed by atoms with Crippen LogP contribution in [0.1, 0.15) is 38.5 Å². The van der Waals surface area contributed by atoms with Crippen LogP contribution in [-0.2, 0) is 0 Å². The van der Waals surface area contributed by atoms with E-state index in [2.05, 4.69) is 0 Å². The molecule has 2 saturated carbocycles. The maximum absolute atomic E-state index is 13.1. The number of halogens is 2. The van der Waals surface area contributed by atoms with Crippen LogP contribution in [0.3, 0.4) is 0 Å². The lowest BCUT2D eigenvalue weighted by Gasteiger charge is -2.26. The third-order valence-electron chi connectivity index (χ3n) is 4.98. The SMILES string of the molecule is O=c1c(F)cccc(OC2CCC2)c1O.O=c1ccc(OC2CCC2)cc(F)c1O. The summed E-state index contributed by atoms with van der Waals surface area (Å²) in [6, 6.07) is 7.28. The van der Waals surface area contributed by atoms with Crippen LogP contribution in [-0.4, -0.2) is 22.4 Å². The zero-order valence-electron chi connectivity index (χ0n) is 16.1. The fourth-order valence-electron chi connectivity index (χ4n) is 2.71. The van der Waals surface area contributed by atoms with Gasteiger partial charge in [-0.25, -0.2) is 8.78 Å². The average molecular weight is 420 g/mol. The molecule has 2 aliphatic rings. The molecule has 2 aromatic rings. The predicted molar refractivity (Wildman–Crippen MR) is 105 cm³/mol. The van der Waals surface area contributed by atoms with E-state index in [1.165, 1.54) is 18.2 Å². The molecule has 0 atom stereocenters. The molecule has 0 heterocycles. The maximum atomic E-state index is 13.1. The first-order chi connectivity index (χ1) is 14.3. The highest BCUT2D eigenvalue weighted by Gasteiger charge is 2.21. The van der Waals surface area contributed by atoms with Gasteiger partial charge in [0.15, 0.2) is 23.1 Å². The summed E-state index contributed by atoms with van der Waals surface area (Å²) in [5.41, 5.74) is -1.76. The summed E-state index contributed by atoms with van der Waals surface area (Å²) in [5.74, 6) is -3.08. The highest BCUT2D eigenvalue weighted by Crippen LogP contribution is 2.29. The monoisotopic (exact) mass is 420 g/mol. The van der Waals surface area contributed by atoms with Gasteiger partial charge in [-0.2, -0.15) is 0 Å². The van der Waals surface area contributed by atoms with Crippen LogP contribution in [0.15, 0.2) is 46.0 Å². The fourth-order valence-corrected chi connectivity index (χ4v) is 2.71. The first kappa shape index (κ1) is 21.5. The summed E-state index contributed by atoms with van der Waals surface area (Å²) in [7, 11) is 0. The normalized spacial score (nSPS) is 15.8. The van der Waals surface area contributed by atoms with Gasteiger partial charge < -0.3 is 19.7 Å². The van der Waals surface area contributed by atoms with Gasteiger partial charge in [-0.15, -0.1) is 0 Å². The predicted octanol–water partition coefficient (Wildman–Crippen LogP) is 3.65. The van der Waals surface area contributed by atoms with E-state index in [1.54, 1.807) is 0 Å². The van der Waals surface area contributed by atoms with Crippen molar-refractivity contribution in [2.45, 2.75) is 50.7 Å². The van der Waals surface area contributed by atoms with E-state index in [0.717, 1.165) is 56.7 Å². The van der Waals surface area contributed by atoms with E-state index in [9.17, 15) is 23.5 Å². The van der Waals surface area contributed by atoms with Crippen molar-refractivity contribution >= 4 is 0 Å². The second-order valence-corrected chi connectivity index (χ2v) is 7.20. The molecule has 0 spiro atoms. The van der Waals surface area contributed by atoms with E-state index in [1.807, 2.05) is 0 Å². The van der Waals surface area contributed by atoms with Gasteiger partial charge in [0, 0.05) is 6.07 Å². The Kier molecular flexibility index (Phi) is 6.87. The first-order valence-corrected chi connectivity index (χ1v) is 9.73. The summed E-state index contributed by atoms with van der Waals surface area (Å²) in [5, 5.41) is 18.5. The van der Waals surface area contributed by atoms with Crippen molar-refractivity contribution in [3.8, 4) is 23.0 Å². The van der Waals surface area contributed by atoms with Crippen LogP contribution < -0.4 is 20.3 Å². The molecule has 0 aromatic heterocycles. The van der Waals surface area contributed by atoms with Gasteiger partial charge in [-0.1, -0.05) is 6.07 Å². The topological polar surface area (TPSA) is 93.1 Å². The van der Waals surface area contributed by atoms with E-state index in [4.69, 9.17) is 14.6 Å². The molecule has 2 aromatic carbocycles. The van der Waals surface area contributed by atoms with E-state index in [0.29, 0.717) is 0 Å². The molecule has 0 unspecified atom stereocenters. The smallest absolute Gasteiger partial charge is 0.259 e. The summed E-state index contributed by atoms with van der Waals surface area (Å²) < 4.78 is 36.8. The summed E-state index contributed by atoms with van der Waals surface area (Å²) in [6.45, 7) is 0. The molecule has 160 valence electrons. The second kappa shape index (κ2) is 9.56. The molecular formula is C22H22F2O6. The van der Waals surface area contributed by atoms with Crippen LogP contribution in [0.2, 0.25) is 0 Å². The molecule has 8 heteroatoms. The van der Waals surface area contributed by atoms with Gasteiger partial charge >= 0.3 is 0 Å². The van der Waals surface area contributed by atoms with Gasteiger partial charge in [-0.05, 0) is 62.8 Å². The largest absolute Gasteiger partial charge is 0.502 e. The van der Waals surface area contributed by atoms with Crippen molar-refractivity contribution in [3.05, 3.63) is 68.5 Å².